The predicted octanol–water partition coefficient (Wildman–Crippen LogP) is 2.36. The largest absolute Gasteiger partial charge is 0.454 e. The minimum Gasteiger partial charge on any atom is -0.454 e. The van der Waals surface area contributed by atoms with Crippen molar-refractivity contribution >= 4 is 23.3 Å². The maximum Gasteiger partial charge on any atom is 0.280 e. The average molecular weight is 344 g/mol. The van der Waals surface area contributed by atoms with Crippen LogP contribution in [-0.4, -0.2) is 26.1 Å². The molecule has 1 aliphatic rings. The summed E-state index contributed by atoms with van der Waals surface area (Å²) in [4.78, 5) is 16.1. The van der Waals surface area contributed by atoms with Crippen LogP contribution < -0.4 is 15.0 Å². The van der Waals surface area contributed by atoms with Crippen molar-refractivity contribution < 1.29 is 9.47 Å². The number of nitrogens with one attached hydrogen (secondary N) is 1. The molecule has 1 aliphatic heterocycles. The minimum absolute atomic E-state index is 0.145. The normalized spacial score (nSPS) is 12.9. The molecule has 3 aromatic rings. The highest BCUT2D eigenvalue weighted by Gasteiger charge is 2.16. The topological polar surface area (TPSA) is 74.1 Å². The zero-order valence-corrected chi connectivity index (χ0v) is 14.1. The third-order valence-electron chi connectivity index (χ3n) is 4.13. The number of aromatic amines is 1. The van der Waals surface area contributed by atoms with E-state index in [-0.39, 0.29) is 12.4 Å². The van der Waals surface area contributed by atoms with E-state index in [1.807, 2.05) is 32.0 Å². The van der Waals surface area contributed by atoms with Crippen LogP contribution in [0.3, 0.4) is 0 Å². The fourth-order valence-electron chi connectivity index (χ4n) is 2.94. The van der Waals surface area contributed by atoms with E-state index >= 15 is 0 Å². The fourth-order valence-corrected chi connectivity index (χ4v) is 3.19. The second kappa shape index (κ2) is 5.48. The Bertz CT molecular complexity index is 1060. The van der Waals surface area contributed by atoms with Gasteiger partial charge in [0, 0.05) is 6.54 Å². The highest BCUT2D eigenvalue weighted by Crippen LogP contribution is 2.32. The molecule has 7 nitrogen and oxygen atoms in total. The second-order valence-corrected chi connectivity index (χ2v) is 6.02. The summed E-state index contributed by atoms with van der Waals surface area (Å²) in [6.07, 6.45) is 0. The molecular formula is C16H16N4O3S. The van der Waals surface area contributed by atoms with Crippen LogP contribution in [0.15, 0.2) is 23.0 Å². The molecule has 4 rings (SSSR count). The highest BCUT2D eigenvalue weighted by molar-refractivity contribution is 7.71. The number of hydrogen-bond acceptors (Lipinski definition) is 5. The molecule has 0 aliphatic carbocycles. The van der Waals surface area contributed by atoms with Gasteiger partial charge in [-0.05, 0) is 43.8 Å². The van der Waals surface area contributed by atoms with Crippen LogP contribution in [0.25, 0.3) is 11.0 Å². The fraction of sp³-hybridized carbons (Fsp3) is 0.312. The Labute approximate surface area is 142 Å². The number of hydrogen-bond donors (Lipinski definition) is 1. The summed E-state index contributed by atoms with van der Waals surface area (Å²) in [5.74, 6) is 1.40. The van der Waals surface area contributed by atoms with Crippen molar-refractivity contribution in [3.05, 3.63) is 44.6 Å². The van der Waals surface area contributed by atoms with Crippen LogP contribution in [-0.2, 0) is 13.1 Å². The zero-order valence-electron chi connectivity index (χ0n) is 13.3. The zero-order chi connectivity index (χ0) is 16.8. The second-order valence-electron chi connectivity index (χ2n) is 5.63. The van der Waals surface area contributed by atoms with Crippen molar-refractivity contribution in [1.29, 1.82) is 0 Å². The molecule has 0 radical (unpaired) electrons. The molecule has 0 saturated heterocycles. The van der Waals surface area contributed by atoms with Crippen molar-refractivity contribution in [3.8, 4) is 11.5 Å². The van der Waals surface area contributed by atoms with Gasteiger partial charge in [0.15, 0.2) is 21.8 Å². The third kappa shape index (κ3) is 2.22. The molecule has 0 unspecified atom stereocenters. The first kappa shape index (κ1) is 14.9. The lowest BCUT2D eigenvalue weighted by Gasteiger charge is -2.08. The van der Waals surface area contributed by atoms with Crippen LogP contribution >= 0.6 is 12.2 Å². The van der Waals surface area contributed by atoms with Gasteiger partial charge in [-0.15, -0.1) is 0 Å². The van der Waals surface area contributed by atoms with Gasteiger partial charge in [0.1, 0.15) is 0 Å². The Morgan fingerprint density at radius 1 is 1.33 bits per heavy atom. The van der Waals surface area contributed by atoms with Crippen molar-refractivity contribution in [1.82, 2.24) is 19.3 Å². The standard InChI is InChI=1S/C16H16N4O3S/c1-3-20-14-13(9(2)18-20)17-16(24)19(15(14)21)7-10-4-5-11-12(6-10)23-8-22-11/h4-6H,3,7-8H2,1-2H3,(H,17,24). The van der Waals surface area contributed by atoms with Crippen LogP contribution in [0, 0.1) is 11.7 Å². The molecule has 124 valence electrons. The highest BCUT2D eigenvalue weighted by atomic mass is 32.1. The number of nitrogens with zero attached hydrogens (tertiary/aromatic N) is 3. The Hall–Kier alpha value is -2.61. The molecule has 24 heavy (non-hydrogen) atoms. The number of aromatic nitrogens is 4. The number of H-pyrrole nitrogens is 1. The quantitative estimate of drug-likeness (QED) is 0.739. The van der Waals surface area contributed by atoms with E-state index in [1.54, 1.807) is 9.25 Å². The predicted molar refractivity (Wildman–Crippen MR) is 91.3 cm³/mol. The van der Waals surface area contributed by atoms with Crippen molar-refractivity contribution in [3.63, 3.8) is 0 Å². The van der Waals surface area contributed by atoms with Gasteiger partial charge in [-0.2, -0.15) is 5.10 Å². The lowest BCUT2D eigenvalue weighted by molar-refractivity contribution is 0.174. The van der Waals surface area contributed by atoms with Crippen LogP contribution in [0.4, 0.5) is 0 Å². The van der Waals surface area contributed by atoms with Crippen molar-refractivity contribution in [2.75, 3.05) is 6.79 Å². The van der Waals surface area contributed by atoms with Crippen LogP contribution in [0.2, 0.25) is 0 Å². The minimum atomic E-state index is -0.145. The SMILES string of the molecule is CCn1nc(C)c2[nH]c(=S)n(Cc3ccc4c(c3)OCO4)c(=O)c21. The molecule has 0 saturated carbocycles. The smallest absolute Gasteiger partial charge is 0.280 e. The summed E-state index contributed by atoms with van der Waals surface area (Å²) >= 11 is 5.39. The monoisotopic (exact) mass is 344 g/mol. The van der Waals surface area contributed by atoms with E-state index in [2.05, 4.69) is 10.1 Å². The maximum absolute atomic E-state index is 12.9. The summed E-state index contributed by atoms with van der Waals surface area (Å²) in [5, 5.41) is 4.39. The molecule has 1 N–H and O–H groups in total. The molecule has 0 bridgehead atoms. The van der Waals surface area contributed by atoms with E-state index in [9.17, 15) is 4.79 Å². The van der Waals surface area contributed by atoms with E-state index in [1.165, 1.54) is 0 Å². The van der Waals surface area contributed by atoms with Gasteiger partial charge < -0.3 is 14.5 Å². The lowest BCUT2D eigenvalue weighted by atomic mass is 10.2. The Kier molecular flexibility index (Phi) is 3.42. The van der Waals surface area contributed by atoms with Crippen molar-refractivity contribution in [2.24, 2.45) is 0 Å². The molecular weight excluding hydrogens is 328 g/mol. The van der Waals surface area contributed by atoms with Crippen LogP contribution in [0.5, 0.6) is 11.5 Å². The Morgan fingerprint density at radius 3 is 2.92 bits per heavy atom. The van der Waals surface area contributed by atoms with Gasteiger partial charge in [0.05, 0.1) is 17.8 Å². The van der Waals surface area contributed by atoms with Gasteiger partial charge in [-0.1, -0.05) is 6.07 Å². The molecule has 0 amide bonds. The summed E-state index contributed by atoms with van der Waals surface area (Å²) in [5.41, 5.74) is 2.79. The number of benzene rings is 1. The third-order valence-corrected chi connectivity index (χ3v) is 4.45. The summed E-state index contributed by atoms with van der Waals surface area (Å²) in [6.45, 7) is 5.01. The average Bonchev–Trinajstić information content (AvgIpc) is 3.15. The molecule has 0 spiro atoms. The Morgan fingerprint density at radius 2 is 2.12 bits per heavy atom. The van der Waals surface area contributed by atoms with Crippen molar-refractivity contribution in [2.45, 2.75) is 26.9 Å². The molecule has 0 atom stereocenters. The van der Waals surface area contributed by atoms with E-state index in [4.69, 9.17) is 21.7 Å². The molecule has 3 heterocycles. The maximum atomic E-state index is 12.9. The van der Waals surface area contributed by atoms with E-state index < -0.39 is 0 Å². The number of aryl methyl sites for hydroxylation is 2. The number of fused-ring (bicyclic) bond motifs is 2. The van der Waals surface area contributed by atoms with Gasteiger partial charge >= 0.3 is 0 Å². The molecule has 1 aromatic carbocycles. The lowest BCUT2D eigenvalue weighted by Crippen LogP contribution is -2.24. The van der Waals surface area contributed by atoms with Gasteiger partial charge in [0.25, 0.3) is 5.56 Å². The van der Waals surface area contributed by atoms with Gasteiger partial charge in [-0.3, -0.25) is 14.0 Å². The van der Waals surface area contributed by atoms with Gasteiger partial charge in [-0.25, -0.2) is 0 Å². The number of rotatable bonds is 3. The van der Waals surface area contributed by atoms with Gasteiger partial charge in [0.2, 0.25) is 6.79 Å². The first-order valence-electron chi connectivity index (χ1n) is 7.67. The Balaban J connectivity index is 1.85. The first-order valence-corrected chi connectivity index (χ1v) is 8.08. The summed E-state index contributed by atoms with van der Waals surface area (Å²) < 4.78 is 14.3. The summed E-state index contributed by atoms with van der Waals surface area (Å²) in [6, 6.07) is 5.62. The summed E-state index contributed by atoms with van der Waals surface area (Å²) in [7, 11) is 0. The van der Waals surface area contributed by atoms with E-state index in [0.29, 0.717) is 40.4 Å². The first-order chi connectivity index (χ1) is 11.6. The van der Waals surface area contributed by atoms with E-state index in [0.717, 1.165) is 11.3 Å². The molecule has 8 heteroatoms. The number of ether oxygens (including phenoxy) is 2. The van der Waals surface area contributed by atoms with Crippen LogP contribution in [0.1, 0.15) is 18.2 Å². The molecule has 2 aromatic heterocycles. The molecule has 0 fully saturated rings.